The van der Waals surface area contributed by atoms with Crippen LogP contribution in [-0.4, -0.2) is 24.8 Å². The lowest BCUT2D eigenvalue weighted by Gasteiger charge is -2.15. The van der Waals surface area contributed by atoms with Crippen LogP contribution in [0.15, 0.2) is 53.5 Å². The molecule has 2 rings (SSSR count). The fourth-order valence-electron chi connectivity index (χ4n) is 2.53. The fourth-order valence-corrected chi connectivity index (χ4v) is 2.93. The van der Waals surface area contributed by atoms with E-state index in [0.717, 1.165) is 21.2 Å². The zero-order valence-corrected chi connectivity index (χ0v) is 16.3. The first-order valence-electron chi connectivity index (χ1n) is 8.02. The van der Waals surface area contributed by atoms with Crippen molar-refractivity contribution < 1.29 is 19.4 Å². The van der Waals surface area contributed by atoms with E-state index in [9.17, 15) is 10.1 Å². The predicted octanol–water partition coefficient (Wildman–Crippen LogP) is 4.71. The van der Waals surface area contributed by atoms with Crippen molar-refractivity contribution in [3.05, 3.63) is 70.2 Å². The minimum absolute atomic E-state index is 0.359. The lowest BCUT2D eigenvalue weighted by Crippen LogP contribution is -2.11. The second-order valence-electron chi connectivity index (χ2n) is 5.57. The maximum absolute atomic E-state index is 10.8. The van der Waals surface area contributed by atoms with Crippen LogP contribution < -0.4 is 9.47 Å². The first kappa shape index (κ1) is 20.3. The topological polar surface area (TPSA) is 79.5 Å². The summed E-state index contributed by atoms with van der Waals surface area (Å²) in [4.78, 5) is 10.8. The van der Waals surface area contributed by atoms with Crippen LogP contribution in [0.1, 0.15) is 16.7 Å². The molecule has 0 fully saturated rings. The van der Waals surface area contributed by atoms with E-state index in [1.54, 1.807) is 18.2 Å². The van der Waals surface area contributed by atoms with Gasteiger partial charge in [0.25, 0.3) is 0 Å². The number of hydrogen-bond donors (Lipinski definition) is 1. The van der Waals surface area contributed by atoms with E-state index >= 15 is 0 Å². The van der Waals surface area contributed by atoms with Crippen molar-refractivity contribution in [2.24, 2.45) is 0 Å². The minimum Gasteiger partial charge on any atom is -0.493 e. The molecule has 0 bridgehead atoms. The van der Waals surface area contributed by atoms with Crippen molar-refractivity contribution in [1.29, 1.82) is 5.26 Å². The third-order valence-corrected chi connectivity index (χ3v) is 4.14. The fraction of sp³-hybridized carbons (Fsp3) is 0.143. The standard InChI is InChI=1S/C21H18BrNO4/c1-3-5-16-8-14(10-19(26-2)21(16)27-13-20(24)25)9-17(12-23)15-6-4-7-18(22)11-15/h3-4,6-11H,1,5,13H2,2H3,(H,24,25)/b17-9-. The summed E-state index contributed by atoms with van der Waals surface area (Å²) in [6.07, 6.45) is 3.90. The van der Waals surface area contributed by atoms with Gasteiger partial charge in [-0.15, -0.1) is 6.58 Å². The third-order valence-electron chi connectivity index (χ3n) is 3.65. The summed E-state index contributed by atoms with van der Waals surface area (Å²) >= 11 is 3.41. The number of allylic oxidation sites excluding steroid dienone is 2. The van der Waals surface area contributed by atoms with Crippen LogP contribution in [0, 0.1) is 11.3 Å². The Labute approximate surface area is 166 Å². The highest BCUT2D eigenvalue weighted by Gasteiger charge is 2.14. The van der Waals surface area contributed by atoms with Crippen molar-refractivity contribution in [2.75, 3.05) is 13.7 Å². The number of ether oxygens (including phenoxy) is 2. The van der Waals surface area contributed by atoms with Crippen LogP contribution >= 0.6 is 15.9 Å². The van der Waals surface area contributed by atoms with Crippen molar-refractivity contribution in [3.8, 4) is 17.6 Å². The zero-order valence-electron chi connectivity index (χ0n) is 14.7. The first-order valence-corrected chi connectivity index (χ1v) is 8.82. The summed E-state index contributed by atoms with van der Waals surface area (Å²) in [7, 11) is 1.48. The van der Waals surface area contributed by atoms with Gasteiger partial charge < -0.3 is 14.6 Å². The SMILES string of the molecule is C=CCc1cc(/C=C(/C#N)c2cccc(Br)c2)cc(OC)c1OCC(=O)O. The molecular formula is C21H18BrNO4. The van der Waals surface area contributed by atoms with Crippen LogP contribution in [0.3, 0.4) is 0 Å². The van der Waals surface area contributed by atoms with E-state index < -0.39 is 12.6 Å². The quantitative estimate of drug-likeness (QED) is 0.374. The molecule has 0 aromatic heterocycles. The molecule has 6 heteroatoms. The number of carboxylic acid groups (broad SMARTS) is 1. The van der Waals surface area contributed by atoms with E-state index in [-0.39, 0.29) is 0 Å². The number of rotatable bonds is 8. The summed E-state index contributed by atoms with van der Waals surface area (Å²) in [5, 5.41) is 18.4. The van der Waals surface area contributed by atoms with E-state index in [0.29, 0.717) is 23.5 Å². The van der Waals surface area contributed by atoms with Gasteiger partial charge in [-0.05, 0) is 47.9 Å². The summed E-state index contributed by atoms with van der Waals surface area (Å²) in [5.41, 5.74) is 2.73. The van der Waals surface area contributed by atoms with Crippen LogP contribution in [-0.2, 0) is 11.2 Å². The number of nitriles is 1. The molecule has 0 aliphatic rings. The number of hydrogen-bond acceptors (Lipinski definition) is 4. The number of nitrogens with zero attached hydrogens (tertiary/aromatic N) is 1. The molecule has 0 atom stereocenters. The molecule has 2 aromatic carbocycles. The smallest absolute Gasteiger partial charge is 0.341 e. The molecule has 138 valence electrons. The number of benzene rings is 2. The highest BCUT2D eigenvalue weighted by Crippen LogP contribution is 2.35. The summed E-state index contributed by atoms with van der Waals surface area (Å²) in [6.45, 7) is 3.25. The summed E-state index contributed by atoms with van der Waals surface area (Å²) in [5.74, 6) is -0.321. The molecule has 2 aromatic rings. The van der Waals surface area contributed by atoms with Gasteiger partial charge in [0.2, 0.25) is 0 Å². The number of halogens is 1. The van der Waals surface area contributed by atoms with E-state index in [4.69, 9.17) is 14.6 Å². The van der Waals surface area contributed by atoms with E-state index in [1.165, 1.54) is 7.11 Å². The summed E-state index contributed by atoms with van der Waals surface area (Å²) in [6, 6.07) is 13.2. The molecule has 0 heterocycles. The van der Waals surface area contributed by atoms with Crippen molar-refractivity contribution >= 4 is 33.5 Å². The second kappa shape index (κ2) is 9.60. The molecule has 0 aliphatic heterocycles. The molecule has 0 saturated heterocycles. The highest BCUT2D eigenvalue weighted by atomic mass is 79.9. The average Bonchev–Trinajstić information content (AvgIpc) is 2.64. The van der Waals surface area contributed by atoms with Gasteiger partial charge in [-0.1, -0.05) is 34.1 Å². The number of carboxylic acids is 1. The maximum Gasteiger partial charge on any atom is 0.341 e. The minimum atomic E-state index is -1.08. The zero-order chi connectivity index (χ0) is 19.8. The second-order valence-corrected chi connectivity index (χ2v) is 6.48. The molecule has 27 heavy (non-hydrogen) atoms. The van der Waals surface area contributed by atoms with Gasteiger partial charge in [-0.3, -0.25) is 0 Å². The van der Waals surface area contributed by atoms with Gasteiger partial charge in [-0.2, -0.15) is 5.26 Å². The van der Waals surface area contributed by atoms with Crippen molar-refractivity contribution in [2.45, 2.75) is 6.42 Å². The van der Waals surface area contributed by atoms with Crippen LogP contribution in [0.5, 0.6) is 11.5 Å². The third kappa shape index (κ3) is 5.47. The Balaban J connectivity index is 2.53. The Hall–Kier alpha value is -3.04. The van der Waals surface area contributed by atoms with E-state index in [2.05, 4.69) is 28.6 Å². The molecule has 0 radical (unpaired) electrons. The molecule has 0 aliphatic carbocycles. The molecule has 0 spiro atoms. The molecule has 5 nitrogen and oxygen atoms in total. The Morgan fingerprint density at radius 1 is 1.37 bits per heavy atom. The van der Waals surface area contributed by atoms with E-state index in [1.807, 2.05) is 30.3 Å². The van der Waals surface area contributed by atoms with Crippen molar-refractivity contribution in [3.63, 3.8) is 0 Å². The Morgan fingerprint density at radius 2 is 2.15 bits per heavy atom. The normalized spacial score (nSPS) is 10.8. The number of aliphatic carboxylic acids is 1. The average molecular weight is 428 g/mol. The van der Waals surface area contributed by atoms with Gasteiger partial charge in [0, 0.05) is 10.0 Å². The van der Waals surface area contributed by atoms with Gasteiger partial charge in [0.1, 0.15) is 0 Å². The summed E-state index contributed by atoms with van der Waals surface area (Å²) < 4.78 is 11.6. The Kier molecular flexibility index (Phi) is 7.21. The molecule has 0 saturated carbocycles. The molecule has 0 unspecified atom stereocenters. The van der Waals surface area contributed by atoms with Crippen LogP contribution in [0.2, 0.25) is 0 Å². The molecule has 1 N–H and O–H groups in total. The maximum atomic E-state index is 10.8. The highest BCUT2D eigenvalue weighted by molar-refractivity contribution is 9.10. The lowest BCUT2D eigenvalue weighted by molar-refractivity contribution is -0.139. The van der Waals surface area contributed by atoms with Gasteiger partial charge >= 0.3 is 5.97 Å². The number of carbonyl (C=O) groups is 1. The van der Waals surface area contributed by atoms with Crippen LogP contribution in [0.25, 0.3) is 11.6 Å². The van der Waals surface area contributed by atoms with Crippen molar-refractivity contribution in [1.82, 2.24) is 0 Å². The monoisotopic (exact) mass is 427 g/mol. The van der Waals surface area contributed by atoms with Gasteiger partial charge in [0.15, 0.2) is 18.1 Å². The Morgan fingerprint density at radius 3 is 2.74 bits per heavy atom. The largest absolute Gasteiger partial charge is 0.493 e. The lowest BCUT2D eigenvalue weighted by atomic mass is 10.0. The van der Waals surface area contributed by atoms with Gasteiger partial charge in [0.05, 0.1) is 18.8 Å². The molecule has 0 amide bonds. The number of methoxy groups -OCH3 is 1. The van der Waals surface area contributed by atoms with Gasteiger partial charge in [-0.25, -0.2) is 4.79 Å². The molecular weight excluding hydrogens is 410 g/mol. The first-order chi connectivity index (χ1) is 13.0. The Bertz CT molecular complexity index is 928. The van der Waals surface area contributed by atoms with Crippen LogP contribution in [0.4, 0.5) is 0 Å². The predicted molar refractivity (Wildman–Crippen MR) is 108 cm³/mol.